The lowest BCUT2D eigenvalue weighted by molar-refractivity contribution is 0.0698. The lowest BCUT2D eigenvalue weighted by Gasteiger charge is -2.19. The van der Waals surface area contributed by atoms with Crippen LogP contribution in [0.25, 0.3) is 0 Å². The van der Waals surface area contributed by atoms with Gasteiger partial charge < -0.3 is 10.4 Å². The first-order valence-electron chi connectivity index (χ1n) is 10.1. The Morgan fingerprint density at radius 1 is 0.939 bits per heavy atom. The van der Waals surface area contributed by atoms with Gasteiger partial charge in [-0.05, 0) is 67.6 Å². The highest BCUT2D eigenvalue weighted by Gasteiger charge is 2.22. The maximum absolute atomic E-state index is 12.9. The van der Waals surface area contributed by atoms with Crippen molar-refractivity contribution in [2.75, 3.05) is 16.7 Å². The van der Waals surface area contributed by atoms with Gasteiger partial charge in [0.25, 0.3) is 15.9 Å². The van der Waals surface area contributed by atoms with Crippen LogP contribution in [0.5, 0.6) is 0 Å². The zero-order valence-corrected chi connectivity index (χ0v) is 20.2. The molecule has 0 aliphatic heterocycles. The maximum atomic E-state index is 12.9. The van der Waals surface area contributed by atoms with E-state index in [1.807, 2.05) is 13.8 Å². The molecule has 0 aliphatic carbocycles. The van der Waals surface area contributed by atoms with Crippen LogP contribution in [0.2, 0.25) is 5.02 Å². The number of benzene rings is 3. The van der Waals surface area contributed by atoms with Gasteiger partial charge in [-0.25, -0.2) is 13.2 Å². The Morgan fingerprint density at radius 3 is 2.06 bits per heavy atom. The second-order valence-corrected chi connectivity index (χ2v) is 9.19. The predicted octanol–water partition coefficient (Wildman–Crippen LogP) is 5.45. The van der Waals surface area contributed by atoms with Crippen LogP contribution in [0.4, 0.5) is 11.4 Å². The third kappa shape index (κ3) is 6.12. The predicted molar refractivity (Wildman–Crippen MR) is 131 cm³/mol. The number of carbonyl (C=O) groups is 2. The summed E-state index contributed by atoms with van der Waals surface area (Å²) in [7, 11) is -2.43. The average Bonchev–Trinajstić information content (AvgIpc) is 2.81. The van der Waals surface area contributed by atoms with Gasteiger partial charge in [0.2, 0.25) is 0 Å². The summed E-state index contributed by atoms with van der Waals surface area (Å²) in [6.07, 6.45) is 0. The monoisotopic (exact) mass is 488 g/mol. The number of carbonyl (C=O) groups excluding carboxylic acids is 1. The molecule has 0 atom stereocenters. The highest BCUT2D eigenvalue weighted by molar-refractivity contribution is 7.92. The molecule has 7 nitrogen and oxygen atoms in total. The van der Waals surface area contributed by atoms with Crippen LogP contribution >= 0.6 is 11.6 Å². The number of halogens is 1. The van der Waals surface area contributed by atoms with Crippen LogP contribution in [-0.2, 0) is 10.0 Å². The molecule has 0 heterocycles. The summed E-state index contributed by atoms with van der Waals surface area (Å²) >= 11 is 5.85. The van der Waals surface area contributed by atoms with Crippen LogP contribution < -0.4 is 9.62 Å². The van der Waals surface area contributed by atoms with Crippen molar-refractivity contribution in [1.82, 2.24) is 0 Å². The summed E-state index contributed by atoms with van der Waals surface area (Å²) in [5, 5.41) is 12.4. The fourth-order valence-corrected chi connectivity index (χ4v) is 4.19. The second kappa shape index (κ2) is 11.0. The minimum absolute atomic E-state index is 0.00283. The van der Waals surface area contributed by atoms with Gasteiger partial charge in [-0.3, -0.25) is 9.10 Å². The molecular formula is C24H25ClN2O5S. The smallest absolute Gasteiger partial charge is 0.337 e. The number of nitrogens with one attached hydrogen (secondary N) is 1. The molecule has 0 radical (unpaired) electrons. The number of carboxylic acid groups (broad SMARTS) is 1. The van der Waals surface area contributed by atoms with Crippen molar-refractivity contribution in [3.8, 4) is 0 Å². The van der Waals surface area contributed by atoms with Gasteiger partial charge >= 0.3 is 5.97 Å². The standard InChI is InChI=1S/C22H19ClN2O5S.C2H6/c1-14-3-12-20(19(13-14)22(27)28)24-21(26)15-4-10-18(11-5-15)31(29,30)25(2)17-8-6-16(23)7-9-17;1-2/h3-13H,1-2H3,(H,24,26)(H,27,28);1-2H3. The van der Waals surface area contributed by atoms with E-state index in [4.69, 9.17) is 11.6 Å². The van der Waals surface area contributed by atoms with E-state index in [1.165, 1.54) is 43.4 Å². The van der Waals surface area contributed by atoms with Crippen LogP contribution in [0.15, 0.2) is 71.6 Å². The molecule has 3 aromatic carbocycles. The van der Waals surface area contributed by atoms with E-state index >= 15 is 0 Å². The number of aromatic carboxylic acids is 1. The number of sulfonamides is 1. The fourth-order valence-electron chi connectivity index (χ4n) is 2.86. The van der Waals surface area contributed by atoms with Crippen molar-refractivity contribution in [3.63, 3.8) is 0 Å². The molecule has 0 spiro atoms. The molecule has 0 aromatic heterocycles. The third-order valence-corrected chi connectivity index (χ3v) is 6.67. The van der Waals surface area contributed by atoms with Gasteiger partial charge in [-0.1, -0.05) is 37.1 Å². The number of nitrogens with zero attached hydrogens (tertiary/aromatic N) is 1. The summed E-state index contributed by atoms with van der Waals surface area (Å²) in [6, 6.07) is 16.4. The van der Waals surface area contributed by atoms with Crippen molar-refractivity contribution in [1.29, 1.82) is 0 Å². The Morgan fingerprint density at radius 2 is 1.52 bits per heavy atom. The van der Waals surface area contributed by atoms with Crippen molar-refractivity contribution in [3.05, 3.63) is 88.4 Å². The Hall–Kier alpha value is -3.36. The maximum Gasteiger partial charge on any atom is 0.337 e. The molecule has 0 bridgehead atoms. The molecular weight excluding hydrogens is 464 g/mol. The number of carboxylic acids is 1. The van der Waals surface area contributed by atoms with Crippen molar-refractivity contribution in [2.24, 2.45) is 0 Å². The molecule has 3 aromatic rings. The number of aryl methyl sites for hydroxylation is 1. The van der Waals surface area contributed by atoms with E-state index in [0.29, 0.717) is 10.7 Å². The number of anilines is 2. The van der Waals surface area contributed by atoms with Crippen LogP contribution in [0.1, 0.15) is 40.1 Å². The zero-order chi connectivity index (χ0) is 24.8. The first-order chi connectivity index (χ1) is 15.6. The highest BCUT2D eigenvalue weighted by Crippen LogP contribution is 2.24. The minimum atomic E-state index is -3.85. The van der Waals surface area contributed by atoms with Crippen LogP contribution in [0.3, 0.4) is 0 Å². The van der Waals surface area contributed by atoms with Gasteiger partial charge in [0.1, 0.15) is 0 Å². The van der Waals surface area contributed by atoms with Crippen molar-refractivity contribution in [2.45, 2.75) is 25.7 Å². The van der Waals surface area contributed by atoms with Gasteiger partial charge in [0.05, 0.1) is 21.8 Å². The Labute approximate surface area is 198 Å². The lowest BCUT2D eigenvalue weighted by Crippen LogP contribution is -2.26. The Kier molecular flexibility index (Phi) is 8.62. The Balaban J connectivity index is 0.00000187. The van der Waals surface area contributed by atoms with E-state index in [-0.39, 0.29) is 21.7 Å². The molecule has 1 amide bonds. The molecule has 0 fully saturated rings. The van der Waals surface area contributed by atoms with Gasteiger partial charge in [0, 0.05) is 17.6 Å². The molecule has 0 aliphatic rings. The molecule has 0 saturated heterocycles. The zero-order valence-electron chi connectivity index (χ0n) is 18.7. The van der Waals surface area contributed by atoms with E-state index < -0.39 is 21.9 Å². The third-order valence-electron chi connectivity index (χ3n) is 4.62. The summed E-state index contributed by atoms with van der Waals surface area (Å²) in [6.45, 7) is 5.75. The summed E-state index contributed by atoms with van der Waals surface area (Å²) in [4.78, 5) is 24.0. The summed E-state index contributed by atoms with van der Waals surface area (Å²) in [5.41, 5.74) is 1.49. The molecule has 9 heteroatoms. The molecule has 174 valence electrons. The number of hydrogen-bond donors (Lipinski definition) is 2. The number of amides is 1. The normalized spacial score (nSPS) is 10.6. The topological polar surface area (TPSA) is 104 Å². The minimum Gasteiger partial charge on any atom is -0.478 e. The van der Waals surface area contributed by atoms with Crippen LogP contribution in [0, 0.1) is 6.92 Å². The van der Waals surface area contributed by atoms with E-state index in [9.17, 15) is 23.1 Å². The summed E-state index contributed by atoms with van der Waals surface area (Å²) in [5.74, 6) is -1.72. The lowest BCUT2D eigenvalue weighted by atomic mass is 10.1. The highest BCUT2D eigenvalue weighted by atomic mass is 35.5. The van der Waals surface area contributed by atoms with Gasteiger partial charge in [-0.2, -0.15) is 0 Å². The van der Waals surface area contributed by atoms with Gasteiger partial charge in [0.15, 0.2) is 0 Å². The van der Waals surface area contributed by atoms with E-state index in [1.54, 1.807) is 37.3 Å². The number of hydrogen-bond acceptors (Lipinski definition) is 4. The first kappa shape index (κ1) is 25.9. The van der Waals surface area contributed by atoms with Gasteiger partial charge in [-0.15, -0.1) is 0 Å². The van der Waals surface area contributed by atoms with E-state index in [0.717, 1.165) is 9.87 Å². The SMILES string of the molecule is CC.Cc1ccc(NC(=O)c2ccc(S(=O)(=O)N(C)c3ccc(Cl)cc3)cc2)c(C(=O)O)c1. The molecule has 0 saturated carbocycles. The summed E-state index contributed by atoms with van der Waals surface area (Å²) < 4.78 is 26.9. The largest absolute Gasteiger partial charge is 0.478 e. The molecule has 33 heavy (non-hydrogen) atoms. The number of rotatable bonds is 6. The first-order valence-corrected chi connectivity index (χ1v) is 11.9. The Bertz CT molecular complexity index is 1240. The van der Waals surface area contributed by atoms with Crippen molar-refractivity contribution < 1.29 is 23.1 Å². The fraction of sp³-hybridized carbons (Fsp3) is 0.167. The average molecular weight is 489 g/mol. The molecule has 3 rings (SSSR count). The van der Waals surface area contributed by atoms with Crippen LogP contribution in [-0.4, -0.2) is 32.4 Å². The molecule has 2 N–H and O–H groups in total. The second-order valence-electron chi connectivity index (χ2n) is 6.78. The quantitative estimate of drug-likeness (QED) is 0.480. The molecule has 0 unspecified atom stereocenters. The van der Waals surface area contributed by atoms with E-state index in [2.05, 4.69) is 5.32 Å². The van der Waals surface area contributed by atoms with Crippen molar-refractivity contribution >= 4 is 44.9 Å².